The van der Waals surface area contributed by atoms with E-state index in [2.05, 4.69) is 0 Å². The Hall–Kier alpha value is -1.74. The van der Waals surface area contributed by atoms with Crippen molar-refractivity contribution in [1.82, 2.24) is 0 Å². The molecule has 1 N–H and O–H groups in total. The van der Waals surface area contributed by atoms with Crippen molar-refractivity contribution in [2.24, 2.45) is 0 Å². The lowest BCUT2D eigenvalue weighted by molar-refractivity contribution is 0.207. The van der Waals surface area contributed by atoms with Gasteiger partial charge in [-0.2, -0.15) is 0 Å². The first-order chi connectivity index (χ1) is 8.91. The van der Waals surface area contributed by atoms with E-state index in [-0.39, 0.29) is 5.56 Å². The van der Waals surface area contributed by atoms with E-state index in [1.165, 1.54) is 6.07 Å². The molecule has 0 aromatic heterocycles. The summed E-state index contributed by atoms with van der Waals surface area (Å²) in [6, 6.07) is 7.38. The predicted octanol–water partition coefficient (Wildman–Crippen LogP) is 3.97. The zero-order valence-corrected chi connectivity index (χ0v) is 11.2. The minimum atomic E-state index is -1.29. The van der Waals surface area contributed by atoms with Crippen LogP contribution in [0.3, 0.4) is 0 Å². The summed E-state index contributed by atoms with van der Waals surface area (Å²) in [7, 11) is 0. The van der Waals surface area contributed by atoms with Gasteiger partial charge in [-0.05, 0) is 49.6 Å². The van der Waals surface area contributed by atoms with E-state index in [0.29, 0.717) is 5.56 Å². The van der Waals surface area contributed by atoms with Crippen molar-refractivity contribution < 1.29 is 13.9 Å². The van der Waals surface area contributed by atoms with Crippen LogP contribution in [-0.2, 0) is 0 Å². The summed E-state index contributed by atoms with van der Waals surface area (Å²) >= 11 is 0. The van der Waals surface area contributed by atoms with Crippen LogP contribution in [0, 0.1) is 32.4 Å². The molecule has 0 saturated heterocycles. The van der Waals surface area contributed by atoms with Crippen molar-refractivity contribution in [3.8, 4) is 0 Å². The highest BCUT2D eigenvalue weighted by Gasteiger charge is 2.22. The summed E-state index contributed by atoms with van der Waals surface area (Å²) < 4.78 is 27.5. The third-order valence-corrected chi connectivity index (χ3v) is 3.28. The molecule has 0 heterocycles. The number of rotatable bonds is 2. The van der Waals surface area contributed by atoms with Crippen LogP contribution < -0.4 is 0 Å². The topological polar surface area (TPSA) is 20.2 Å². The number of hydrogen-bond donors (Lipinski definition) is 1. The van der Waals surface area contributed by atoms with E-state index < -0.39 is 17.7 Å². The first-order valence-electron chi connectivity index (χ1n) is 6.11. The fourth-order valence-electron chi connectivity index (χ4n) is 2.54. The van der Waals surface area contributed by atoms with Crippen molar-refractivity contribution in [1.29, 1.82) is 0 Å². The molecule has 1 unspecified atom stereocenters. The Bertz CT molecular complexity index is 577. The summed E-state index contributed by atoms with van der Waals surface area (Å²) in [5.74, 6) is -1.46. The first kappa shape index (κ1) is 13.7. The molecule has 2 rings (SSSR count). The molecule has 3 heteroatoms. The minimum Gasteiger partial charge on any atom is -0.383 e. The van der Waals surface area contributed by atoms with Gasteiger partial charge in [-0.3, -0.25) is 0 Å². The minimum absolute atomic E-state index is 0.294. The average molecular weight is 262 g/mol. The van der Waals surface area contributed by atoms with Crippen LogP contribution in [0.15, 0.2) is 30.3 Å². The van der Waals surface area contributed by atoms with Gasteiger partial charge in [0.2, 0.25) is 0 Å². The van der Waals surface area contributed by atoms with Crippen LogP contribution in [0.25, 0.3) is 0 Å². The third kappa shape index (κ3) is 2.51. The van der Waals surface area contributed by atoms with E-state index in [1.807, 2.05) is 32.9 Å². The molecule has 0 bridgehead atoms. The maximum Gasteiger partial charge on any atom is 0.132 e. The summed E-state index contributed by atoms with van der Waals surface area (Å²) in [5, 5.41) is 10.3. The lowest BCUT2D eigenvalue weighted by Gasteiger charge is -2.18. The first-order valence-corrected chi connectivity index (χ1v) is 6.11. The van der Waals surface area contributed by atoms with Gasteiger partial charge in [0.05, 0.1) is 5.56 Å². The standard InChI is InChI=1S/C16H16F2O/c1-9-7-10(2)14(11(3)8-9)16(19)15-12(17)5-4-6-13(15)18/h4-8,16,19H,1-3H3. The monoisotopic (exact) mass is 262 g/mol. The zero-order valence-electron chi connectivity index (χ0n) is 11.2. The van der Waals surface area contributed by atoms with Gasteiger partial charge < -0.3 is 5.11 Å². The van der Waals surface area contributed by atoms with E-state index in [0.717, 1.165) is 28.8 Å². The molecule has 1 nitrogen and oxygen atoms in total. The number of aliphatic hydroxyl groups is 1. The third-order valence-electron chi connectivity index (χ3n) is 3.28. The fourth-order valence-corrected chi connectivity index (χ4v) is 2.54. The highest BCUT2D eigenvalue weighted by molar-refractivity contribution is 5.43. The van der Waals surface area contributed by atoms with Crippen LogP contribution in [0.5, 0.6) is 0 Å². The predicted molar refractivity (Wildman–Crippen MR) is 71.1 cm³/mol. The molecule has 0 saturated carbocycles. The van der Waals surface area contributed by atoms with Crippen molar-refractivity contribution >= 4 is 0 Å². The molecule has 0 aliphatic rings. The smallest absolute Gasteiger partial charge is 0.132 e. The van der Waals surface area contributed by atoms with Crippen molar-refractivity contribution in [2.45, 2.75) is 26.9 Å². The molecule has 0 radical (unpaired) electrons. The quantitative estimate of drug-likeness (QED) is 0.868. The molecule has 100 valence electrons. The van der Waals surface area contributed by atoms with Crippen LogP contribution in [0.2, 0.25) is 0 Å². The SMILES string of the molecule is Cc1cc(C)c(C(O)c2c(F)cccc2F)c(C)c1. The van der Waals surface area contributed by atoms with E-state index in [1.54, 1.807) is 0 Å². The van der Waals surface area contributed by atoms with E-state index in [9.17, 15) is 13.9 Å². The highest BCUT2D eigenvalue weighted by atomic mass is 19.1. The van der Waals surface area contributed by atoms with Gasteiger partial charge in [-0.25, -0.2) is 8.78 Å². The second-order valence-electron chi connectivity index (χ2n) is 4.85. The van der Waals surface area contributed by atoms with E-state index >= 15 is 0 Å². The Morgan fingerprint density at radius 2 is 1.37 bits per heavy atom. The number of aryl methyl sites for hydroxylation is 3. The molecule has 2 aromatic rings. The molecule has 1 atom stereocenters. The van der Waals surface area contributed by atoms with Crippen molar-refractivity contribution in [3.63, 3.8) is 0 Å². The molecule has 0 spiro atoms. The summed E-state index contributed by atoms with van der Waals surface area (Å²) in [4.78, 5) is 0. The molecule has 2 aromatic carbocycles. The summed E-state index contributed by atoms with van der Waals surface area (Å²) in [6.07, 6.45) is -1.29. The number of hydrogen-bond acceptors (Lipinski definition) is 1. The Kier molecular flexibility index (Phi) is 3.67. The molecular formula is C16H16F2O. The molecule has 0 aliphatic carbocycles. The fraction of sp³-hybridized carbons (Fsp3) is 0.250. The van der Waals surface area contributed by atoms with Crippen molar-refractivity contribution in [2.75, 3.05) is 0 Å². The molecule has 0 amide bonds. The molecule has 19 heavy (non-hydrogen) atoms. The molecular weight excluding hydrogens is 246 g/mol. The van der Waals surface area contributed by atoms with Crippen LogP contribution in [-0.4, -0.2) is 5.11 Å². The van der Waals surface area contributed by atoms with Gasteiger partial charge in [0, 0.05) is 0 Å². The molecule has 0 aliphatic heterocycles. The van der Waals surface area contributed by atoms with Gasteiger partial charge in [0.25, 0.3) is 0 Å². The van der Waals surface area contributed by atoms with Crippen LogP contribution >= 0.6 is 0 Å². The maximum atomic E-state index is 13.7. The number of benzene rings is 2. The number of aliphatic hydroxyl groups excluding tert-OH is 1. The lowest BCUT2D eigenvalue weighted by Crippen LogP contribution is -2.09. The van der Waals surface area contributed by atoms with Crippen molar-refractivity contribution in [3.05, 3.63) is 69.8 Å². The normalized spacial score (nSPS) is 12.5. The van der Waals surface area contributed by atoms with E-state index in [4.69, 9.17) is 0 Å². The second kappa shape index (κ2) is 5.10. The Balaban J connectivity index is 2.60. The van der Waals surface area contributed by atoms with Gasteiger partial charge in [0.15, 0.2) is 0 Å². The second-order valence-corrected chi connectivity index (χ2v) is 4.85. The Labute approximate surface area is 111 Å². The summed E-state index contributed by atoms with van der Waals surface area (Å²) in [5.41, 5.74) is 2.98. The molecule has 0 fully saturated rings. The van der Waals surface area contributed by atoms with Crippen LogP contribution in [0.1, 0.15) is 33.9 Å². The average Bonchev–Trinajstić information content (AvgIpc) is 2.26. The summed E-state index contributed by atoms with van der Waals surface area (Å²) in [6.45, 7) is 5.61. The number of halogens is 2. The lowest BCUT2D eigenvalue weighted by atomic mass is 9.91. The zero-order chi connectivity index (χ0) is 14.2. The highest BCUT2D eigenvalue weighted by Crippen LogP contribution is 2.31. The Morgan fingerprint density at radius 1 is 0.895 bits per heavy atom. The van der Waals surface area contributed by atoms with Gasteiger partial charge in [-0.15, -0.1) is 0 Å². The maximum absolute atomic E-state index is 13.7. The van der Waals surface area contributed by atoms with Gasteiger partial charge in [0.1, 0.15) is 17.7 Å². The van der Waals surface area contributed by atoms with Gasteiger partial charge in [-0.1, -0.05) is 23.8 Å². The largest absolute Gasteiger partial charge is 0.383 e. The van der Waals surface area contributed by atoms with Gasteiger partial charge >= 0.3 is 0 Å². The van der Waals surface area contributed by atoms with Crippen LogP contribution in [0.4, 0.5) is 8.78 Å². The Morgan fingerprint density at radius 3 is 1.84 bits per heavy atom.